The quantitative estimate of drug-likeness (QED) is 0.601. The van der Waals surface area contributed by atoms with Crippen molar-refractivity contribution in [1.82, 2.24) is 0 Å². The molecule has 0 radical (unpaired) electrons. The van der Waals surface area contributed by atoms with Crippen LogP contribution >= 0.6 is 0 Å². The molecule has 1 N–H and O–H groups in total. The number of ether oxygens (including phenoxy) is 1. The summed E-state index contributed by atoms with van der Waals surface area (Å²) in [5.41, 5.74) is 1.97. The summed E-state index contributed by atoms with van der Waals surface area (Å²) in [6, 6.07) is 7.48. The van der Waals surface area contributed by atoms with Crippen LogP contribution in [0.4, 0.5) is 0 Å². The molecule has 15 heavy (non-hydrogen) atoms. The second kappa shape index (κ2) is 5.14. The SMILES string of the molecule is Cc1ccc(COC(=O)CC(=O)O)cc1. The van der Waals surface area contributed by atoms with Crippen molar-refractivity contribution in [1.29, 1.82) is 0 Å². The molecule has 4 nitrogen and oxygen atoms in total. The minimum absolute atomic E-state index is 0.117. The van der Waals surface area contributed by atoms with Crippen LogP contribution in [-0.4, -0.2) is 17.0 Å². The smallest absolute Gasteiger partial charge is 0.317 e. The molecule has 0 atom stereocenters. The molecule has 0 amide bonds. The number of aliphatic carboxylic acids is 1. The molecular formula is C11H12O4. The van der Waals surface area contributed by atoms with Gasteiger partial charge in [-0.2, -0.15) is 0 Å². The number of hydrogen-bond acceptors (Lipinski definition) is 3. The first-order chi connectivity index (χ1) is 7.08. The van der Waals surface area contributed by atoms with Crippen LogP contribution in [0.2, 0.25) is 0 Å². The Morgan fingerprint density at radius 1 is 1.27 bits per heavy atom. The van der Waals surface area contributed by atoms with E-state index in [1.165, 1.54) is 0 Å². The van der Waals surface area contributed by atoms with Crippen LogP contribution in [0.1, 0.15) is 17.5 Å². The number of carboxylic acid groups (broad SMARTS) is 1. The minimum Gasteiger partial charge on any atom is -0.481 e. The standard InChI is InChI=1S/C11H12O4/c1-8-2-4-9(5-3-8)7-15-11(14)6-10(12)13/h2-5H,6-7H2,1H3,(H,12,13). The normalized spacial score (nSPS) is 9.67. The number of aryl methyl sites for hydroxylation is 1. The van der Waals surface area contributed by atoms with Crippen molar-refractivity contribution in [2.45, 2.75) is 20.0 Å². The number of hydrogen-bond donors (Lipinski definition) is 1. The summed E-state index contributed by atoms with van der Waals surface area (Å²) in [7, 11) is 0. The van der Waals surface area contributed by atoms with Crippen LogP contribution in [0.15, 0.2) is 24.3 Å². The highest BCUT2D eigenvalue weighted by atomic mass is 16.5. The van der Waals surface area contributed by atoms with Crippen molar-refractivity contribution in [2.24, 2.45) is 0 Å². The molecule has 0 bridgehead atoms. The lowest BCUT2D eigenvalue weighted by molar-refractivity contribution is -0.152. The lowest BCUT2D eigenvalue weighted by Gasteiger charge is -2.03. The van der Waals surface area contributed by atoms with Crippen molar-refractivity contribution in [3.63, 3.8) is 0 Å². The predicted octanol–water partition coefficient (Wildman–Crippen LogP) is 1.51. The lowest BCUT2D eigenvalue weighted by Crippen LogP contribution is -2.10. The van der Waals surface area contributed by atoms with Crippen LogP contribution in [-0.2, 0) is 20.9 Å². The Morgan fingerprint density at radius 3 is 2.40 bits per heavy atom. The van der Waals surface area contributed by atoms with Crippen molar-refractivity contribution < 1.29 is 19.4 Å². The van der Waals surface area contributed by atoms with Crippen LogP contribution in [0.5, 0.6) is 0 Å². The molecule has 0 unspecified atom stereocenters. The van der Waals surface area contributed by atoms with E-state index in [4.69, 9.17) is 9.84 Å². The first-order valence-electron chi connectivity index (χ1n) is 4.51. The summed E-state index contributed by atoms with van der Waals surface area (Å²) >= 11 is 0. The topological polar surface area (TPSA) is 63.6 Å². The Kier molecular flexibility index (Phi) is 3.85. The van der Waals surface area contributed by atoms with Gasteiger partial charge in [-0.05, 0) is 12.5 Å². The maximum absolute atomic E-state index is 10.9. The third-order valence-corrected chi connectivity index (χ3v) is 1.82. The van der Waals surface area contributed by atoms with E-state index in [1.54, 1.807) is 0 Å². The maximum Gasteiger partial charge on any atom is 0.317 e. The molecule has 0 aliphatic rings. The highest BCUT2D eigenvalue weighted by Crippen LogP contribution is 2.05. The van der Waals surface area contributed by atoms with Crippen molar-refractivity contribution in [3.8, 4) is 0 Å². The molecule has 0 saturated heterocycles. The first kappa shape index (κ1) is 11.2. The molecule has 0 aliphatic carbocycles. The van der Waals surface area contributed by atoms with E-state index in [-0.39, 0.29) is 6.61 Å². The number of rotatable bonds is 4. The maximum atomic E-state index is 10.9. The fourth-order valence-corrected chi connectivity index (χ4v) is 1.02. The summed E-state index contributed by atoms with van der Waals surface area (Å²) in [6.07, 6.45) is -0.591. The summed E-state index contributed by atoms with van der Waals surface area (Å²) < 4.78 is 4.76. The third kappa shape index (κ3) is 4.26. The van der Waals surface area contributed by atoms with Gasteiger partial charge in [-0.25, -0.2) is 0 Å². The van der Waals surface area contributed by atoms with Gasteiger partial charge in [0.15, 0.2) is 0 Å². The van der Waals surface area contributed by atoms with E-state index >= 15 is 0 Å². The zero-order valence-electron chi connectivity index (χ0n) is 8.40. The third-order valence-electron chi connectivity index (χ3n) is 1.82. The molecule has 1 aromatic rings. The van der Waals surface area contributed by atoms with Gasteiger partial charge in [-0.15, -0.1) is 0 Å². The van der Waals surface area contributed by atoms with E-state index < -0.39 is 18.4 Å². The molecule has 80 valence electrons. The summed E-state index contributed by atoms with van der Waals surface area (Å²) in [4.78, 5) is 21.1. The molecule has 0 aromatic heterocycles. The Hall–Kier alpha value is -1.84. The summed E-state index contributed by atoms with van der Waals surface area (Å²) in [5, 5.41) is 8.32. The fourth-order valence-electron chi connectivity index (χ4n) is 1.02. The van der Waals surface area contributed by atoms with Crippen LogP contribution in [0, 0.1) is 6.92 Å². The van der Waals surface area contributed by atoms with Gasteiger partial charge in [0.05, 0.1) is 0 Å². The number of carbonyl (C=O) groups is 2. The second-order valence-electron chi connectivity index (χ2n) is 3.22. The van der Waals surface area contributed by atoms with Crippen molar-refractivity contribution >= 4 is 11.9 Å². The molecule has 0 heterocycles. The van der Waals surface area contributed by atoms with Gasteiger partial charge >= 0.3 is 11.9 Å². The molecule has 0 saturated carbocycles. The van der Waals surface area contributed by atoms with Gasteiger partial charge in [0, 0.05) is 0 Å². The molecule has 0 fully saturated rings. The van der Waals surface area contributed by atoms with Crippen molar-refractivity contribution in [2.75, 3.05) is 0 Å². The Morgan fingerprint density at radius 2 is 1.87 bits per heavy atom. The number of esters is 1. The summed E-state index contributed by atoms with van der Waals surface area (Å²) in [6.45, 7) is 2.08. The molecular weight excluding hydrogens is 196 g/mol. The predicted molar refractivity (Wildman–Crippen MR) is 53.2 cm³/mol. The zero-order chi connectivity index (χ0) is 11.3. The van der Waals surface area contributed by atoms with E-state index in [9.17, 15) is 9.59 Å². The molecule has 1 rings (SSSR count). The largest absolute Gasteiger partial charge is 0.481 e. The minimum atomic E-state index is -1.18. The van der Waals surface area contributed by atoms with Gasteiger partial charge in [-0.3, -0.25) is 9.59 Å². The number of carboxylic acids is 1. The highest BCUT2D eigenvalue weighted by molar-refractivity contribution is 5.90. The Balaban J connectivity index is 2.40. The van der Waals surface area contributed by atoms with E-state index in [0.29, 0.717) is 0 Å². The number of benzene rings is 1. The second-order valence-corrected chi connectivity index (χ2v) is 3.22. The van der Waals surface area contributed by atoms with Gasteiger partial charge in [0.1, 0.15) is 13.0 Å². The fraction of sp³-hybridized carbons (Fsp3) is 0.273. The molecule has 4 heteroatoms. The monoisotopic (exact) mass is 208 g/mol. The zero-order valence-corrected chi connectivity index (χ0v) is 8.40. The number of carbonyl (C=O) groups excluding carboxylic acids is 1. The Labute approximate surface area is 87.5 Å². The van der Waals surface area contributed by atoms with E-state index in [1.807, 2.05) is 31.2 Å². The van der Waals surface area contributed by atoms with Crippen LogP contribution < -0.4 is 0 Å². The molecule has 0 aliphatic heterocycles. The van der Waals surface area contributed by atoms with Crippen LogP contribution in [0.3, 0.4) is 0 Å². The average molecular weight is 208 g/mol. The first-order valence-corrected chi connectivity index (χ1v) is 4.51. The van der Waals surface area contributed by atoms with Gasteiger partial charge < -0.3 is 9.84 Å². The van der Waals surface area contributed by atoms with Gasteiger partial charge in [-0.1, -0.05) is 29.8 Å². The lowest BCUT2D eigenvalue weighted by atomic mass is 10.2. The van der Waals surface area contributed by atoms with E-state index in [2.05, 4.69) is 0 Å². The van der Waals surface area contributed by atoms with Gasteiger partial charge in [0.2, 0.25) is 0 Å². The molecule has 1 aromatic carbocycles. The van der Waals surface area contributed by atoms with Gasteiger partial charge in [0.25, 0.3) is 0 Å². The van der Waals surface area contributed by atoms with Crippen molar-refractivity contribution in [3.05, 3.63) is 35.4 Å². The van der Waals surface area contributed by atoms with E-state index in [0.717, 1.165) is 11.1 Å². The summed E-state index contributed by atoms with van der Waals surface area (Å²) in [5.74, 6) is -1.90. The van der Waals surface area contributed by atoms with Crippen LogP contribution in [0.25, 0.3) is 0 Å². The molecule has 0 spiro atoms. The Bertz CT molecular complexity index is 353. The average Bonchev–Trinajstić information content (AvgIpc) is 2.16. The highest BCUT2D eigenvalue weighted by Gasteiger charge is 2.08.